The van der Waals surface area contributed by atoms with Crippen molar-refractivity contribution in [2.45, 2.75) is 11.8 Å². The minimum atomic E-state index is -3.96. The van der Waals surface area contributed by atoms with Gasteiger partial charge in [-0.25, -0.2) is 0 Å². The van der Waals surface area contributed by atoms with E-state index in [1.807, 2.05) is 0 Å². The van der Waals surface area contributed by atoms with Gasteiger partial charge >= 0.3 is 11.8 Å². The van der Waals surface area contributed by atoms with Crippen LogP contribution in [0, 0.1) is 0 Å². The summed E-state index contributed by atoms with van der Waals surface area (Å²) in [6, 6.07) is 0. The van der Waals surface area contributed by atoms with E-state index < -0.39 is 22.5 Å². The average Bonchev–Trinajstić information content (AvgIpc) is 1.84. The van der Waals surface area contributed by atoms with Gasteiger partial charge in [0.25, 0.3) is 0 Å². The molecule has 0 saturated heterocycles. The highest BCUT2D eigenvalue weighted by Gasteiger charge is 2.68. The van der Waals surface area contributed by atoms with E-state index in [0.29, 0.717) is 0 Å². The molecule has 0 radical (unpaired) electrons. The number of rotatable bonds is 0. The van der Waals surface area contributed by atoms with Crippen molar-refractivity contribution in [1.82, 2.24) is 0 Å². The van der Waals surface area contributed by atoms with Crippen LogP contribution in [0.2, 0.25) is 0 Å². The number of hydrogen-bond donors (Lipinski definition) is 0. The maximum absolute atomic E-state index is 12.1. The van der Waals surface area contributed by atoms with E-state index in [4.69, 9.17) is 0 Å². The summed E-state index contributed by atoms with van der Waals surface area (Å²) in [5, 5.41) is -1.25. The summed E-state index contributed by atoms with van der Waals surface area (Å²) < 4.78 is 48.5. The molecule has 2 atom stereocenters. The largest absolute Gasteiger partial charge is 0.340 e. The summed E-state index contributed by atoms with van der Waals surface area (Å²) in [5.41, 5.74) is 0. The molecule has 0 aliphatic heterocycles. The second kappa shape index (κ2) is 1.92. The zero-order valence-corrected chi connectivity index (χ0v) is 6.98. The number of alkyl halides is 4. The molecule has 0 aromatic rings. The van der Waals surface area contributed by atoms with Gasteiger partial charge in [0.05, 0.1) is 0 Å². The fraction of sp³-hybridized carbons (Fsp3) is 0.500. The van der Waals surface area contributed by atoms with E-state index in [1.165, 1.54) is 0 Å². The number of allylic oxidation sites excluding steroid dienone is 2. The van der Waals surface area contributed by atoms with Crippen LogP contribution in [0.1, 0.15) is 0 Å². The van der Waals surface area contributed by atoms with Gasteiger partial charge in [0, 0.05) is 10.6 Å². The third kappa shape index (κ3) is 0.695. The summed E-state index contributed by atoms with van der Waals surface area (Å²) in [7, 11) is 3.20. The van der Waals surface area contributed by atoms with Crippen LogP contribution in [-0.2, 0) is 0 Å². The maximum atomic E-state index is 12.1. The molecule has 0 saturated carbocycles. The molecule has 10 heavy (non-hydrogen) atoms. The molecule has 2 unspecified atom stereocenters. The molecule has 58 valence electrons. The molecular weight excluding hydrogens is 186 g/mol. The summed E-state index contributed by atoms with van der Waals surface area (Å²) in [6.07, 6.45) is 0. The summed E-state index contributed by atoms with van der Waals surface area (Å²) >= 11 is 0. The Labute approximate surface area is 59.5 Å². The average molecular weight is 190 g/mol. The number of hydrogen-bond acceptors (Lipinski definition) is 0. The molecule has 0 nitrogen and oxygen atoms in total. The number of halogens is 4. The first-order valence-corrected chi connectivity index (χ1v) is 3.49. The minimum absolute atomic E-state index is 0.623. The van der Waals surface area contributed by atoms with Gasteiger partial charge in [0.1, 0.15) is 0 Å². The zero-order valence-electron chi connectivity index (χ0n) is 4.67. The lowest BCUT2D eigenvalue weighted by Crippen LogP contribution is -2.50. The van der Waals surface area contributed by atoms with Crippen molar-refractivity contribution in [3.8, 4) is 0 Å². The van der Waals surface area contributed by atoms with E-state index >= 15 is 0 Å². The van der Waals surface area contributed by atoms with Crippen molar-refractivity contribution < 1.29 is 17.6 Å². The monoisotopic (exact) mass is 190 g/mol. The molecule has 0 fully saturated rings. The summed E-state index contributed by atoms with van der Waals surface area (Å²) in [5.74, 6) is -7.93. The predicted octanol–water partition coefficient (Wildman–Crippen LogP) is 2.23. The molecule has 0 heterocycles. The lowest BCUT2D eigenvalue weighted by atomic mass is 10.00. The van der Waals surface area contributed by atoms with Gasteiger partial charge in [-0.05, 0) is 0 Å². The first-order chi connectivity index (χ1) is 4.32. The lowest BCUT2D eigenvalue weighted by Gasteiger charge is -2.37. The van der Waals surface area contributed by atoms with E-state index in [-0.39, 0.29) is 0 Å². The van der Waals surface area contributed by atoms with Crippen LogP contribution in [0.4, 0.5) is 17.6 Å². The Kier molecular flexibility index (Phi) is 1.62. The Morgan fingerprint density at radius 1 is 0.800 bits per heavy atom. The second-order valence-electron chi connectivity index (χ2n) is 1.98. The Morgan fingerprint density at radius 3 is 1.10 bits per heavy atom. The van der Waals surface area contributed by atoms with Crippen LogP contribution in [0.5, 0.6) is 0 Å². The Hall–Kier alpha value is 0.320. The molecule has 6 heteroatoms. The quantitative estimate of drug-likeness (QED) is 0.405. The smallest absolute Gasteiger partial charge is 0.194 e. The highest BCUT2D eigenvalue weighted by atomic mass is 31.0. The van der Waals surface area contributed by atoms with Crippen LogP contribution in [0.15, 0.2) is 10.6 Å². The van der Waals surface area contributed by atoms with E-state index in [0.717, 1.165) is 0 Å². The van der Waals surface area contributed by atoms with Gasteiger partial charge in [-0.1, -0.05) is 0 Å². The van der Waals surface area contributed by atoms with Crippen molar-refractivity contribution in [3.05, 3.63) is 10.6 Å². The molecular formula is C4H4F4P2. The highest BCUT2D eigenvalue weighted by molar-refractivity contribution is 7.29. The van der Waals surface area contributed by atoms with Crippen molar-refractivity contribution >= 4 is 18.5 Å². The predicted molar refractivity (Wildman–Crippen MR) is 36.3 cm³/mol. The normalized spacial score (nSPS) is 28.2. The first-order valence-electron chi connectivity index (χ1n) is 2.33. The zero-order chi connectivity index (χ0) is 8.15. The van der Waals surface area contributed by atoms with Crippen LogP contribution in [0.25, 0.3) is 0 Å². The van der Waals surface area contributed by atoms with Gasteiger partial charge in [0.15, 0.2) is 0 Å². The van der Waals surface area contributed by atoms with Crippen molar-refractivity contribution in [2.75, 3.05) is 0 Å². The van der Waals surface area contributed by atoms with Crippen LogP contribution in [0.3, 0.4) is 0 Å². The SMILES string of the molecule is FC1(F)C(P)=C(P)C1(F)F. The fourth-order valence-electron chi connectivity index (χ4n) is 0.614. The third-order valence-electron chi connectivity index (χ3n) is 1.36. The van der Waals surface area contributed by atoms with Gasteiger partial charge in [-0.15, -0.1) is 18.5 Å². The van der Waals surface area contributed by atoms with Crippen LogP contribution >= 0.6 is 18.5 Å². The van der Waals surface area contributed by atoms with Crippen molar-refractivity contribution in [2.24, 2.45) is 0 Å². The second-order valence-corrected chi connectivity index (χ2v) is 3.13. The van der Waals surface area contributed by atoms with E-state index in [9.17, 15) is 17.6 Å². The summed E-state index contributed by atoms with van der Waals surface area (Å²) in [6.45, 7) is 0. The lowest BCUT2D eigenvalue weighted by molar-refractivity contribution is -0.176. The molecule has 1 aliphatic carbocycles. The maximum Gasteiger partial charge on any atom is 0.340 e. The van der Waals surface area contributed by atoms with Crippen LogP contribution in [-0.4, -0.2) is 11.8 Å². The topological polar surface area (TPSA) is 0 Å². The molecule has 1 rings (SSSR count). The van der Waals surface area contributed by atoms with E-state index in [1.54, 1.807) is 18.5 Å². The summed E-state index contributed by atoms with van der Waals surface area (Å²) in [4.78, 5) is 0. The fourth-order valence-corrected chi connectivity index (χ4v) is 1.34. The Bertz CT molecular complexity index is 185. The molecule has 0 aromatic carbocycles. The molecule has 0 bridgehead atoms. The van der Waals surface area contributed by atoms with E-state index in [2.05, 4.69) is 0 Å². The van der Waals surface area contributed by atoms with Gasteiger partial charge < -0.3 is 0 Å². The molecule has 1 aliphatic rings. The molecule has 0 spiro atoms. The van der Waals surface area contributed by atoms with Gasteiger partial charge in [0.2, 0.25) is 0 Å². The van der Waals surface area contributed by atoms with Gasteiger partial charge in [-0.3, -0.25) is 0 Å². The Balaban J connectivity index is 3.10. The molecule has 0 N–H and O–H groups in total. The third-order valence-corrected chi connectivity index (χ3v) is 3.04. The molecule has 0 amide bonds. The minimum Gasteiger partial charge on any atom is -0.194 e. The standard InChI is InChI=1S/C4H4F4P2/c5-3(6)1(9)2(10)4(3,7)8/h9-10H2. The molecule has 0 aromatic heterocycles. The van der Waals surface area contributed by atoms with Crippen molar-refractivity contribution in [3.63, 3.8) is 0 Å². The van der Waals surface area contributed by atoms with Crippen LogP contribution < -0.4 is 0 Å². The van der Waals surface area contributed by atoms with Crippen molar-refractivity contribution in [1.29, 1.82) is 0 Å². The first kappa shape index (κ1) is 8.42. The Morgan fingerprint density at radius 2 is 1.00 bits per heavy atom. The highest BCUT2D eigenvalue weighted by Crippen LogP contribution is 2.59. The van der Waals surface area contributed by atoms with Gasteiger partial charge in [-0.2, -0.15) is 17.6 Å².